The molecular weight excluding hydrogens is 390 g/mol. The number of hydrogen-bond donors (Lipinski definition) is 0. The molecule has 0 aliphatic heterocycles. The fraction of sp³-hybridized carbons (Fsp3) is 0.200. The van der Waals surface area contributed by atoms with Gasteiger partial charge >= 0.3 is 0 Å². The van der Waals surface area contributed by atoms with E-state index in [1.165, 1.54) is 18.1 Å². The first kappa shape index (κ1) is 9.76. The fourth-order valence-electron chi connectivity index (χ4n) is 1.38. The van der Waals surface area contributed by atoms with Crippen molar-refractivity contribution >= 4 is 56.2 Å². The molecule has 0 atom stereocenters. The second-order valence-corrected chi connectivity index (χ2v) is 5.25. The summed E-state index contributed by atoms with van der Waals surface area (Å²) in [6, 6.07) is 4.26. The minimum Gasteiger partial charge on any atom is -0.460 e. The highest BCUT2D eigenvalue weighted by molar-refractivity contribution is 14.1. The van der Waals surface area contributed by atoms with Gasteiger partial charge in [0.1, 0.15) is 11.3 Å². The van der Waals surface area contributed by atoms with Gasteiger partial charge in [-0.05, 0) is 76.7 Å². The van der Waals surface area contributed by atoms with E-state index < -0.39 is 0 Å². The van der Waals surface area contributed by atoms with Gasteiger partial charge in [-0.1, -0.05) is 0 Å². The molecule has 2 aromatic rings. The van der Waals surface area contributed by atoms with Crippen LogP contribution in [-0.2, 0) is 0 Å². The molecule has 13 heavy (non-hydrogen) atoms. The highest BCUT2D eigenvalue weighted by Crippen LogP contribution is 2.30. The van der Waals surface area contributed by atoms with E-state index in [-0.39, 0.29) is 0 Å². The van der Waals surface area contributed by atoms with Gasteiger partial charge in [-0.25, -0.2) is 0 Å². The molecule has 0 aliphatic carbocycles. The van der Waals surface area contributed by atoms with Crippen molar-refractivity contribution in [3.63, 3.8) is 0 Å². The number of hydrogen-bond acceptors (Lipinski definition) is 1. The maximum atomic E-state index is 5.62. The van der Waals surface area contributed by atoms with Crippen molar-refractivity contribution in [2.75, 3.05) is 0 Å². The lowest BCUT2D eigenvalue weighted by atomic mass is 10.2. The van der Waals surface area contributed by atoms with Gasteiger partial charge in [0, 0.05) is 8.96 Å². The van der Waals surface area contributed by atoms with Crippen LogP contribution in [0.25, 0.3) is 11.0 Å². The largest absolute Gasteiger partial charge is 0.460 e. The molecule has 0 aliphatic rings. The molecule has 1 heterocycles. The zero-order chi connectivity index (χ0) is 9.59. The van der Waals surface area contributed by atoms with Crippen LogP contribution in [0.4, 0.5) is 0 Å². The molecule has 1 aromatic carbocycles. The molecule has 0 spiro atoms. The summed E-state index contributed by atoms with van der Waals surface area (Å²) < 4.78 is 8.14. The predicted molar refractivity (Wildman–Crippen MR) is 71.1 cm³/mol. The quantitative estimate of drug-likeness (QED) is 0.605. The van der Waals surface area contributed by atoms with Crippen LogP contribution < -0.4 is 0 Å². The lowest BCUT2D eigenvalue weighted by Crippen LogP contribution is -1.85. The molecule has 0 fully saturated rings. The third-order valence-electron chi connectivity index (χ3n) is 1.99. The summed E-state index contributed by atoms with van der Waals surface area (Å²) in [6.45, 7) is 4.12. The first-order chi connectivity index (χ1) is 6.09. The number of rotatable bonds is 0. The molecular formula is C10H8I2O. The van der Waals surface area contributed by atoms with Crippen LogP contribution in [0, 0.1) is 21.0 Å². The van der Waals surface area contributed by atoms with E-state index >= 15 is 0 Å². The molecule has 0 saturated heterocycles. The number of fused-ring (bicyclic) bond motifs is 1. The Morgan fingerprint density at radius 3 is 2.46 bits per heavy atom. The fourth-order valence-corrected chi connectivity index (χ4v) is 2.63. The average Bonchev–Trinajstić information content (AvgIpc) is 2.42. The third-order valence-corrected chi connectivity index (χ3v) is 5.45. The van der Waals surface area contributed by atoms with Crippen LogP contribution in [0.15, 0.2) is 16.5 Å². The van der Waals surface area contributed by atoms with E-state index in [4.69, 9.17) is 4.42 Å². The van der Waals surface area contributed by atoms with Crippen molar-refractivity contribution in [1.29, 1.82) is 0 Å². The zero-order valence-electron chi connectivity index (χ0n) is 7.32. The van der Waals surface area contributed by atoms with Gasteiger partial charge in [0.05, 0.1) is 3.57 Å². The van der Waals surface area contributed by atoms with E-state index in [2.05, 4.69) is 64.2 Å². The topological polar surface area (TPSA) is 13.1 Å². The van der Waals surface area contributed by atoms with Crippen molar-refractivity contribution in [2.24, 2.45) is 0 Å². The molecule has 1 nitrogen and oxygen atoms in total. The van der Waals surface area contributed by atoms with Crippen LogP contribution in [0.2, 0.25) is 0 Å². The summed E-state index contributed by atoms with van der Waals surface area (Å²) >= 11 is 4.70. The van der Waals surface area contributed by atoms with E-state index in [9.17, 15) is 0 Å². The molecule has 0 bridgehead atoms. The normalized spacial score (nSPS) is 11.1. The smallest absolute Gasteiger partial charge is 0.148 e. The Morgan fingerprint density at radius 2 is 1.77 bits per heavy atom. The molecule has 0 amide bonds. The maximum absolute atomic E-state index is 5.62. The number of benzene rings is 1. The molecule has 0 unspecified atom stereocenters. The van der Waals surface area contributed by atoms with Gasteiger partial charge in [0.25, 0.3) is 0 Å². The predicted octanol–water partition coefficient (Wildman–Crippen LogP) is 4.26. The van der Waals surface area contributed by atoms with Crippen LogP contribution >= 0.6 is 45.2 Å². The summed E-state index contributed by atoms with van der Waals surface area (Å²) in [6.07, 6.45) is 0. The van der Waals surface area contributed by atoms with Crippen molar-refractivity contribution in [1.82, 2.24) is 0 Å². The zero-order valence-corrected chi connectivity index (χ0v) is 11.6. The Balaban J connectivity index is 2.92. The number of furan rings is 1. The molecule has 0 saturated carbocycles. The lowest BCUT2D eigenvalue weighted by molar-refractivity contribution is 0.576. The van der Waals surface area contributed by atoms with Crippen molar-refractivity contribution in [3.05, 3.63) is 30.6 Å². The molecule has 2 rings (SSSR count). The highest BCUT2D eigenvalue weighted by Gasteiger charge is 2.09. The van der Waals surface area contributed by atoms with Crippen LogP contribution in [-0.4, -0.2) is 0 Å². The second-order valence-electron chi connectivity index (χ2n) is 3.10. The Bertz CT molecular complexity index is 471. The minimum atomic E-state index is 0.981. The summed E-state index contributed by atoms with van der Waals surface area (Å²) in [4.78, 5) is 0. The Kier molecular flexibility index (Phi) is 2.57. The van der Waals surface area contributed by atoms with Gasteiger partial charge < -0.3 is 4.42 Å². The van der Waals surface area contributed by atoms with E-state index in [0.717, 1.165) is 11.3 Å². The van der Waals surface area contributed by atoms with Gasteiger partial charge in [0.15, 0.2) is 0 Å². The minimum absolute atomic E-state index is 0.981. The summed E-state index contributed by atoms with van der Waals surface area (Å²) in [5.41, 5.74) is 2.34. The Hall–Kier alpha value is 0.220. The lowest BCUT2D eigenvalue weighted by Gasteiger charge is -2.01. The monoisotopic (exact) mass is 398 g/mol. The highest BCUT2D eigenvalue weighted by atomic mass is 127. The summed E-state index contributed by atoms with van der Waals surface area (Å²) in [5, 5.41) is 1.21. The molecule has 0 radical (unpaired) electrons. The average molecular weight is 398 g/mol. The van der Waals surface area contributed by atoms with Gasteiger partial charge in [-0.3, -0.25) is 0 Å². The molecule has 68 valence electrons. The first-order valence-corrected chi connectivity index (χ1v) is 6.10. The number of halogens is 2. The van der Waals surface area contributed by atoms with Crippen LogP contribution in [0.5, 0.6) is 0 Å². The van der Waals surface area contributed by atoms with Gasteiger partial charge in [0.2, 0.25) is 0 Å². The van der Waals surface area contributed by atoms with Crippen molar-refractivity contribution < 1.29 is 4.42 Å². The molecule has 1 aromatic heterocycles. The summed E-state index contributed by atoms with van der Waals surface area (Å²) in [5.74, 6) is 0.981. The van der Waals surface area contributed by atoms with Crippen molar-refractivity contribution in [2.45, 2.75) is 13.8 Å². The number of aryl methyl sites for hydroxylation is 2. The van der Waals surface area contributed by atoms with Gasteiger partial charge in [-0.2, -0.15) is 0 Å². The van der Waals surface area contributed by atoms with Crippen molar-refractivity contribution in [3.8, 4) is 0 Å². The molecule has 3 heteroatoms. The van der Waals surface area contributed by atoms with Crippen LogP contribution in [0.1, 0.15) is 11.3 Å². The van der Waals surface area contributed by atoms with E-state index in [0.29, 0.717) is 0 Å². The van der Waals surface area contributed by atoms with E-state index in [1.807, 2.05) is 6.92 Å². The second kappa shape index (κ2) is 3.42. The Labute approximate surface area is 104 Å². The molecule has 0 N–H and O–H groups in total. The van der Waals surface area contributed by atoms with Crippen LogP contribution in [0.3, 0.4) is 0 Å². The third kappa shape index (κ3) is 1.60. The SMILES string of the molecule is Cc1cc2cc(C)c(I)c(I)c2o1. The Morgan fingerprint density at radius 1 is 1.08 bits per heavy atom. The standard InChI is InChI=1S/C10H8I2O/c1-5-3-7-4-6(2)13-10(7)9(12)8(5)11/h3-4H,1-2H3. The van der Waals surface area contributed by atoms with Gasteiger partial charge in [-0.15, -0.1) is 0 Å². The summed E-state index contributed by atoms with van der Waals surface area (Å²) in [7, 11) is 0. The maximum Gasteiger partial charge on any atom is 0.148 e. The first-order valence-electron chi connectivity index (χ1n) is 3.94. The van der Waals surface area contributed by atoms with E-state index in [1.54, 1.807) is 0 Å².